The van der Waals surface area contributed by atoms with E-state index in [0.29, 0.717) is 11.3 Å². The maximum atomic E-state index is 13.0. The Bertz CT molecular complexity index is 603. The van der Waals surface area contributed by atoms with Crippen molar-refractivity contribution in [3.8, 4) is 0 Å². The second kappa shape index (κ2) is 4.22. The van der Waals surface area contributed by atoms with Crippen LogP contribution in [0.2, 0.25) is 0 Å². The first kappa shape index (κ1) is 11.1. The molecular formula is C12H13FN2S. The summed E-state index contributed by atoms with van der Waals surface area (Å²) in [5.41, 5.74) is 2.91. The zero-order valence-electron chi connectivity index (χ0n) is 9.25. The molecule has 0 unspecified atom stereocenters. The monoisotopic (exact) mass is 236 g/mol. The van der Waals surface area contributed by atoms with Crippen LogP contribution in [0.4, 0.5) is 4.39 Å². The van der Waals surface area contributed by atoms with Crippen LogP contribution in [0, 0.1) is 10.6 Å². The molecule has 2 nitrogen and oxygen atoms in total. The number of nitrogens with zero attached hydrogens (tertiary/aromatic N) is 1. The van der Waals surface area contributed by atoms with Crippen molar-refractivity contribution >= 4 is 23.3 Å². The largest absolute Gasteiger partial charge is 0.330 e. The van der Waals surface area contributed by atoms with E-state index in [1.807, 2.05) is 18.4 Å². The van der Waals surface area contributed by atoms with Gasteiger partial charge in [-0.25, -0.2) is 4.39 Å². The fourth-order valence-electron chi connectivity index (χ4n) is 1.59. The van der Waals surface area contributed by atoms with Crippen LogP contribution in [0.5, 0.6) is 0 Å². The van der Waals surface area contributed by atoms with Crippen molar-refractivity contribution in [2.24, 2.45) is 0 Å². The number of hydrogen-bond donors (Lipinski definition) is 1. The van der Waals surface area contributed by atoms with Crippen LogP contribution in [0.15, 0.2) is 29.8 Å². The molecule has 84 valence electrons. The van der Waals surface area contributed by atoms with Crippen LogP contribution in [-0.4, -0.2) is 9.55 Å². The Labute approximate surface area is 98.4 Å². The first-order valence-electron chi connectivity index (χ1n) is 5.09. The van der Waals surface area contributed by atoms with Crippen LogP contribution in [0.3, 0.4) is 0 Å². The topological polar surface area (TPSA) is 20.7 Å². The third-order valence-corrected chi connectivity index (χ3v) is 2.74. The zero-order valence-corrected chi connectivity index (χ0v) is 10.1. The summed E-state index contributed by atoms with van der Waals surface area (Å²) in [5.74, 6) is -0.252. The van der Waals surface area contributed by atoms with Crippen LogP contribution in [0.1, 0.15) is 13.8 Å². The first-order valence-corrected chi connectivity index (χ1v) is 5.50. The van der Waals surface area contributed by atoms with E-state index in [2.05, 4.69) is 11.1 Å². The molecule has 0 fully saturated rings. The van der Waals surface area contributed by atoms with Crippen molar-refractivity contribution in [2.45, 2.75) is 20.4 Å². The van der Waals surface area contributed by atoms with Gasteiger partial charge in [-0.15, -0.1) is 0 Å². The molecule has 1 heterocycles. The number of aromatic nitrogens is 2. The first-order chi connectivity index (χ1) is 7.58. The molecule has 2 rings (SSSR count). The average molecular weight is 236 g/mol. The van der Waals surface area contributed by atoms with Gasteiger partial charge in [-0.3, -0.25) is 0 Å². The van der Waals surface area contributed by atoms with Gasteiger partial charge < -0.3 is 9.55 Å². The third kappa shape index (κ3) is 2.07. The van der Waals surface area contributed by atoms with Gasteiger partial charge in [0.1, 0.15) is 5.82 Å². The van der Waals surface area contributed by atoms with Crippen LogP contribution >= 0.6 is 12.2 Å². The summed E-state index contributed by atoms with van der Waals surface area (Å²) in [6, 6.07) is 4.66. The molecule has 1 N–H and O–H groups in total. The second-order valence-electron chi connectivity index (χ2n) is 3.98. The lowest BCUT2D eigenvalue weighted by molar-refractivity contribution is 0.629. The molecule has 4 heteroatoms. The molecule has 0 spiro atoms. The number of nitrogens with one attached hydrogen (secondary N) is 1. The standard InChI is InChI=1S/C12H13FN2S/c1-8(2)5-6-15-11-4-3-9(13)7-10(11)14-12(15)16/h3-5,7H,6H2,1-2H3,(H,14,16). The molecule has 0 bridgehead atoms. The van der Waals surface area contributed by atoms with E-state index in [0.717, 1.165) is 11.0 Å². The van der Waals surface area contributed by atoms with Crippen molar-refractivity contribution in [3.05, 3.63) is 40.4 Å². The molecule has 0 aliphatic carbocycles. The van der Waals surface area contributed by atoms with Gasteiger partial charge in [-0.05, 0) is 44.3 Å². The van der Waals surface area contributed by atoms with Crippen molar-refractivity contribution in [1.82, 2.24) is 9.55 Å². The molecule has 0 saturated carbocycles. The molecule has 0 aliphatic heterocycles. The molecular weight excluding hydrogens is 223 g/mol. The van der Waals surface area contributed by atoms with Crippen LogP contribution in [0.25, 0.3) is 11.0 Å². The lowest BCUT2D eigenvalue weighted by Crippen LogP contribution is -1.95. The minimum Gasteiger partial charge on any atom is -0.330 e. The zero-order chi connectivity index (χ0) is 11.7. The highest BCUT2D eigenvalue weighted by molar-refractivity contribution is 7.71. The predicted molar refractivity (Wildman–Crippen MR) is 66.5 cm³/mol. The van der Waals surface area contributed by atoms with Crippen molar-refractivity contribution in [3.63, 3.8) is 0 Å². The fraction of sp³-hybridized carbons (Fsp3) is 0.250. The van der Waals surface area contributed by atoms with E-state index >= 15 is 0 Å². The van der Waals surface area contributed by atoms with Gasteiger partial charge in [0, 0.05) is 6.54 Å². The smallest absolute Gasteiger partial charge is 0.178 e. The molecule has 0 amide bonds. The van der Waals surface area contributed by atoms with Gasteiger partial charge in [-0.1, -0.05) is 11.6 Å². The number of rotatable bonds is 2. The molecule has 0 aliphatic rings. The van der Waals surface area contributed by atoms with Gasteiger partial charge in [-0.2, -0.15) is 0 Å². The van der Waals surface area contributed by atoms with Crippen LogP contribution < -0.4 is 0 Å². The molecule has 0 radical (unpaired) electrons. The van der Waals surface area contributed by atoms with E-state index in [9.17, 15) is 4.39 Å². The Kier molecular flexibility index (Phi) is 2.92. The van der Waals surface area contributed by atoms with Crippen molar-refractivity contribution in [1.29, 1.82) is 0 Å². The van der Waals surface area contributed by atoms with E-state index in [1.54, 1.807) is 6.07 Å². The fourth-order valence-corrected chi connectivity index (χ4v) is 1.87. The molecule has 2 aromatic rings. The summed E-state index contributed by atoms with van der Waals surface area (Å²) in [5, 5.41) is 0. The quantitative estimate of drug-likeness (QED) is 0.621. The Balaban J connectivity index is 2.56. The summed E-state index contributed by atoms with van der Waals surface area (Å²) in [4.78, 5) is 3.00. The second-order valence-corrected chi connectivity index (χ2v) is 4.37. The molecule has 16 heavy (non-hydrogen) atoms. The average Bonchev–Trinajstić information content (AvgIpc) is 2.50. The Morgan fingerprint density at radius 1 is 1.50 bits per heavy atom. The van der Waals surface area contributed by atoms with Crippen LogP contribution in [-0.2, 0) is 6.54 Å². The van der Waals surface area contributed by atoms with Gasteiger partial charge >= 0.3 is 0 Å². The Morgan fingerprint density at radius 3 is 2.94 bits per heavy atom. The van der Waals surface area contributed by atoms with E-state index in [1.165, 1.54) is 17.7 Å². The molecule has 1 aromatic carbocycles. The SMILES string of the molecule is CC(C)=CCn1c(=S)[nH]c2cc(F)ccc21. The summed E-state index contributed by atoms with van der Waals surface area (Å²) in [7, 11) is 0. The highest BCUT2D eigenvalue weighted by Crippen LogP contribution is 2.15. The number of fused-ring (bicyclic) bond motifs is 1. The van der Waals surface area contributed by atoms with E-state index in [-0.39, 0.29) is 5.82 Å². The van der Waals surface area contributed by atoms with E-state index in [4.69, 9.17) is 12.2 Å². The molecule has 1 aromatic heterocycles. The van der Waals surface area contributed by atoms with Crippen molar-refractivity contribution in [2.75, 3.05) is 0 Å². The Hall–Kier alpha value is -1.42. The van der Waals surface area contributed by atoms with Crippen molar-refractivity contribution < 1.29 is 4.39 Å². The number of aromatic amines is 1. The van der Waals surface area contributed by atoms with E-state index < -0.39 is 0 Å². The molecule has 0 saturated heterocycles. The molecule has 0 atom stereocenters. The lowest BCUT2D eigenvalue weighted by Gasteiger charge is -2.00. The predicted octanol–water partition coefficient (Wildman–Crippen LogP) is 3.80. The highest BCUT2D eigenvalue weighted by Gasteiger charge is 2.03. The minimum atomic E-state index is -0.252. The lowest BCUT2D eigenvalue weighted by atomic mass is 10.3. The summed E-state index contributed by atoms with van der Waals surface area (Å²) < 4.78 is 15.6. The van der Waals surface area contributed by atoms with Gasteiger partial charge in [0.2, 0.25) is 0 Å². The minimum absolute atomic E-state index is 0.252. The number of benzene rings is 1. The van der Waals surface area contributed by atoms with Gasteiger partial charge in [0.15, 0.2) is 4.77 Å². The Morgan fingerprint density at radius 2 is 2.25 bits per heavy atom. The normalized spacial score (nSPS) is 10.7. The highest BCUT2D eigenvalue weighted by atomic mass is 32.1. The summed E-state index contributed by atoms with van der Waals surface area (Å²) in [6.07, 6.45) is 2.09. The third-order valence-electron chi connectivity index (χ3n) is 2.42. The summed E-state index contributed by atoms with van der Waals surface area (Å²) in [6.45, 7) is 4.79. The maximum absolute atomic E-state index is 13.0. The number of halogens is 1. The number of allylic oxidation sites excluding steroid dienone is 2. The van der Waals surface area contributed by atoms with Gasteiger partial charge in [0.05, 0.1) is 11.0 Å². The maximum Gasteiger partial charge on any atom is 0.178 e. The number of hydrogen-bond acceptors (Lipinski definition) is 1. The van der Waals surface area contributed by atoms with Gasteiger partial charge in [0.25, 0.3) is 0 Å². The number of H-pyrrole nitrogens is 1. The number of imidazole rings is 1. The summed E-state index contributed by atoms with van der Waals surface area (Å²) >= 11 is 5.20.